The molecule has 0 spiro atoms. The van der Waals surface area contributed by atoms with Crippen LogP contribution in [0.25, 0.3) is 0 Å². The van der Waals surface area contributed by atoms with Gasteiger partial charge in [-0.05, 0) is 25.0 Å². The van der Waals surface area contributed by atoms with Crippen LogP contribution in [0.4, 0.5) is 5.69 Å². The number of halogens is 2. The number of hydrogen-bond acceptors (Lipinski definition) is 9. The summed E-state index contributed by atoms with van der Waals surface area (Å²) in [5.74, 6) is -3.48. The molecule has 0 aromatic heterocycles. The van der Waals surface area contributed by atoms with E-state index in [1.54, 1.807) is 36.4 Å². The fraction of sp³-hybridized carbons (Fsp3) is 0.269. The van der Waals surface area contributed by atoms with Crippen LogP contribution >= 0.6 is 23.2 Å². The van der Waals surface area contributed by atoms with E-state index in [4.69, 9.17) is 37.4 Å². The molecule has 1 unspecified atom stereocenters. The third kappa shape index (κ3) is 5.98. The van der Waals surface area contributed by atoms with Crippen LogP contribution in [0.3, 0.4) is 0 Å². The highest BCUT2D eigenvalue weighted by Crippen LogP contribution is 2.46. The highest BCUT2D eigenvalue weighted by Gasteiger charge is 2.41. The van der Waals surface area contributed by atoms with E-state index in [1.165, 1.54) is 20.3 Å². The second-order valence-corrected chi connectivity index (χ2v) is 8.91. The first-order chi connectivity index (χ1) is 18.1. The smallest absolute Gasteiger partial charge is 0.336 e. The van der Waals surface area contributed by atoms with Gasteiger partial charge in [-0.3, -0.25) is 14.9 Å². The molecule has 10 nitrogen and oxygen atoms in total. The van der Waals surface area contributed by atoms with Gasteiger partial charge in [0.25, 0.3) is 5.69 Å². The molecule has 1 heterocycles. The van der Waals surface area contributed by atoms with E-state index in [0.717, 1.165) is 7.11 Å². The van der Waals surface area contributed by atoms with Gasteiger partial charge in [-0.1, -0.05) is 47.5 Å². The topological polar surface area (TPSA) is 134 Å². The third-order valence-corrected chi connectivity index (χ3v) is 6.67. The summed E-state index contributed by atoms with van der Waals surface area (Å²) < 4.78 is 14.9. The molecule has 200 valence electrons. The van der Waals surface area contributed by atoms with Crippen molar-refractivity contribution in [1.82, 2.24) is 5.32 Å². The summed E-state index contributed by atoms with van der Waals surface area (Å²) in [7, 11) is 3.52. The zero-order chi connectivity index (χ0) is 28.0. The first-order valence-electron chi connectivity index (χ1n) is 11.3. The maximum absolute atomic E-state index is 13.2. The molecule has 2 aromatic rings. The van der Waals surface area contributed by atoms with Crippen LogP contribution in [0.1, 0.15) is 29.9 Å². The zero-order valence-electron chi connectivity index (χ0n) is 20.7. The van der Waals surface area contributed by atoms with Crippen LogP contribution in [0.2, 0.25) is 10.0 Å². The number of dihydropyridines is 1. The summed E-state index contributed by atoms with van der Waals surface area (Å²) in [6.07, 6.45) is -0.155. The first-order valence-corrected chi connectivity index (χ1v) is 12.0. The Balaban J connectivity index is 2.28. The number of allylic oxidation sites excluding steroid dienone is 1. The molecule has 3 rings (SSSR count). The largest absolute Gasteiger partial charge is 0.469 e. The average molecular weight is 563 g/mol. The van der Waals surface area contributed by atoms with E-state index in [9.17, 15) is 24.5 Å². The number of esters is 3. The molecular weight excluding hydrogens is 539 g/mol. The summed E-state index contributed by atoms with van der Waals surface area (Å²) >= 11 is 13.1. The van der Waals surface area contributed by atoms with Crippen molar-refractivity contribution in [1.29, 1.82) is 0 Å². The van der Waals surface area contributed by atoms with Gasteiger partial charge < -0.3 is 19.5 Å². The van der Waals surface area contributed by atoms with Gasteiger partial charge >= 0.3 is 17.9 Å². The Morgan fingerprint density at radius 2 is 1.45 bits per heavy atom. The monoisotopic (exact) mass is 562 g/mol. The number of carbonyl (C=O) groups excluding carboxylic acids is 3. The van der Waals surface area contributed by atoms with Gasteiger partial charge in [0, 0.05) is 38.6 Å². The Hall–Kier alpha value is -3.89. The molecule has 1 aliphatic heterocycles. The quantitative estimate of drug-likeness (QED) is 0.200. The molecule has 1 aliphatic rings. The molecule has 0 saturated heterocycles. The second kappa shape index (κ2) is 12.6. The van der Waals surface area contributed by atoms with Crippen LogP contribution in [0, 0.1) is 10.1 Å². The summed E-state index contributed by atoms with van der Waals surface area (Å²) in [6.45, 7) is 0. The van der Waals surface area contributed by atoms with Gasteiger partial charge in [0.1, 0.15) is 0 Å². The van der Waals surface area contributed by atoms with Crippen molar-refractivity contribution >= 4 is 46.8 Å². The number of para-hydroxylation sites is 1. The molecular formula is C26H24Cl2N2O8. The number of benzene rings is 2. The lowest BCUT2D eigenvalue weighted by molar-refractivity contribution is -0.385. The van der Waals surface area contributed by atoms with Crippen LogP contribution in [-0.2, 0) is 35.0 Å². The van der Waals surface area contributed by atoms with Gasteiger partial charge in [-0.15, -0.1) is 0 Å². The minimum absolute atomic E-state index is 0.00454. The minimum atomic E-state index is -1.18. The Morgan fingerprint density at radius 1 is 0.868 bits per heavy atom. The number of rotatable bonds is 9. The predicted octanol–water partition coefficient (Wildman–Crippen LogP) is 4.64. The van der Waals surface area contributed by atoms with Crippen molar-refractivity contribution in [3.05, 3.63) is 96.3 Å². The maximum Gasteiger partial charge on any atom is 0.336 e. The Morgan fingerprint density at radius 3 is 2.00 bits per heavy atom. The molecule has 0 saturated carbocycles. The lowest BCUT2D eigenvalue weighted by atomic mass is 9.78. The van der Waals surface area contributed by atoms with Crippen LogP contribution in [-0.4, -0.2) is 44.2 Å². The van der Waals surface area contributed by atoms with Crippen molar-refractivity contribution in [2.75, 3.05) is 21.3 Å². The number of nitrogens with zero attached hydrogens (tertiary/aromatic N) is 1. The number of carbonyl (C=O) groups is 3. The number of ether oxygens (including phenoxy) is 3. The van der Waals surface area contributed by atoms with Crippen molar-refractivity contribution < 1.29 is 33.5 Å². The highest BCUT2D eigenvalue weighted by molar-refractivity contribution is 6.36. The van der Waals surface area contributed by atoms with Crippen LogP contribution < -0.4 is 5.32 Å². The molecule has 2 aromatic carbocycles. The fourth-order valence-corrected chi connectivity index (χ4v) is 4.92. The fourth-order valence-electron chi connectivity index (χ4n) is 4.30. The third-order valence-electron chi connectivity index (χ3n) is 6.01. The van der Waals surface area contributed by atoms with Crippen molar-refractivity contribution in [2.45, 2.75) is 25.2 Å². The molecule has 0 aliphatic carbocycles. The molecule has 38 heavy (non-hydrogen) atoms. The lowest BCUT2D eigenvalue weighted by Crippen LogP contribution is -2.35. The highest BCUT2D eigenvalue weighted by atomic mass is 35.5. The van der Waals surface area contributed by atoms with E-state index in [-0.39, 0.29) is 63.1 Å². The summed E-state index contributed by atoms with van der Waals surface area (Å²) in [6, 6.07) is 10.9. The standard InChI is InChI=1S/C26H24Cl2N2O8/c1-36-20(31)13-18-23(26(33)38-3)24(21-15(27)8-6-9-16(21)28)22(25(32)37-2)17(29-18)12-11-14-7-4-5-10-19(14)30(34)35/h4-10,24,29H,11-13H2,1-3H3. The molecule has 0 fully saturated rings. The first kappa shape index (κ1) is 28.7. The van der Waals surface area contributed by atoms with E-state index in [1.807, 2.05) is 0 Å². The van der Waals surface area contributed by atoms with Gasteiger partial charge in [-0.2, -0.15) is 0 Å². The molecule has 0 bridgehead atoms. The summed E-state index contributed by atoms with van der Waals surface area (Å²) in [5, 5.41) is 14.8. The Kier molecular flexibility index (Phi) is 9.49. The number of methoxy groups -OCH3 is 3. The molecule has 12 heteroatoms. The number of hydrogen-bond donors (Lipinski definition) is 1. The molecule has 0 radical (unpaired) electrons. The van der Waals surface area contributed by atoms with Crippen molar-refractivity contribution in [3.8, 4) is 0 Å². The van der Waals surface area contributed by atoms with E-state index in [0.29, 0.717) is 5.56 Å². The van der Waals surface area contributed by atoms with Gasteiger partial charge in [0.2, 0.25) is 0 Å². The van der Waals surface area contributed by atoms with E-state index < -0.39 is 28.7 Å². The zero-order valence-corrected chi connectivity index (χ0v) is 22.2. The SMILES string of the molecule is COC(=O)CC1=C(C(=O)OC)C(c2c(Cl)cccc2Cl)C(C(=O)OC)=C(CCc2ccccc2[N+](=O)[O-])N1. The van der Waals surface area contributed by atoms with Gasteiger partial charge in [0.05, 0.1) is 49.7 Å². The van der Waals surface area contributed by atoms with E-state index >= 15 is 0 Å². The predicted molar refractivity (Wildman–Crippen MR) is 138 cm³/mol. The maximum atomic E-state index is 13.2. The number of nitrogens with one attached hydrogen (secondary N) is 1. The van der Waals surface area contributed by atoms with Crippen molar-refractivity contribution in [2.24, 2.45) is 0 Å². The lowest BCUT2D eigenvalue weighted by Gasteiger charge is -2.33. The summed E-state index contributed by atoms with van der Waals surface area (Å²) in [5.41, 5.74) is 0.842. The number of nitro benzene ring substituents is 1. The Bertz CT molecular complexity index is 1330. The van der Waals surface area contributed by atoms with Crippen molar-refractivity contribution in [3.63, 3.8) is 0 Å². The minimum Gasteiger partial charge on any atom is -0.469 e. The summed E-state index contributed by atoms with van der Waals surface area (Å²) in [4.78, 5) is 49.7. The van der Waals surface area contributed by atoms with Crippen LogP contribution in [0.5, 0.6) is 0 Å². The molecule has 1 atom stereocenters. The van der Waals surface area contributed by atoms with Gasteiger partial charge in [-0.25, -0.2) is 9.59 Å². The average Bonchev–Trinajstić information content (AvgIpc) is 2.90. The van der Waals surface area contributed by atoms with Gasteiger partial charge in [0.15, 0.2) is 0 Å². The second-order valence-electron chi connectivity index (χ2n) is 8.10. The number of nitro groups is 1. The number of aryl methyl sites for hydroxylation is 1. The molecule has 1 N–H and O–H groups in total. The normalized spacial score (nSPS) is 15.0. The van der Waals surface area contributed by atoms with E-state index in [2.05, 4.69) is 5.32 Å². The Labute approximate surface area is 228 Å². The molecule has 0 amide bonds. The van der Waals surface area contributed by atoms with Crippen LogP contribution in [0.15, 0.2) is 65.0 Å².